The first-order chi connectivity index (χ1) is 9.90. The number of hydrogen-bond acceptors (Lipinski definition) is 5. The van der Waals surface area contributed by atoms with E-state index in [4.69, 9.17) is 9.47 Å². The summed E-state index contributed by atoms with van der Waals surface area (Å²) in [5, 5.41) is 20.5. The lowest BCUT2D eigenvalue weighted by Crippen LogP contribution is -2.39. The van der Waals surface area contributed by atoms with Crippen molar-refractivity contribution in [3.63, 3.8) is 0 Å². The number of non-ortho nitro benzene ring substituents is 1. The summed E-state index contributed by atoms with van der Waals surface area (Å²) in [7, 11) is 1.45. The summed E-state index contributed by atoms with van der Waals surface area (Å²) >= 11 is 0. The zero-order valence-corrected chi connectivity index (χ0v) is 11.9. The molecule has 2 rings (SSSR count). The maximum atomic E-state index is 11.7. The molecule has 0 aromatic heterocycles. The highest BCUT2D eigenvalue weighted by Gasteiger charge is 2.48. The quantitative estimate of drug-likeness (QED) is 0.659. The second kappa shape index (κ2) is 5.69. The number of carboxylic acids is 1. The highest BCUT2D eigenvalue weighted by Crippen LogP contribution is 2.41. The standard InChI is InChI=1S/C14H17NO6/c1-9-14(13(16)17,5-6-21-9)8-10-7-11(15(18)19)3-4-12(10)20-2/h3-4,7,9H,5-6,8H2,1-2H3,(H,16,17). The molecule has 0 saturated carbocycles. The van der Waals surface area contributed by atoms with E-state index in [9.17, 15) is 20.0 Å². The first-order valence-electron chi connectivity index (χ1n) is 6.57. The van der Waals surface area contributed by atoms with Gasteiger partial charge in [0.15, 0.2) is 0 Å². The average Bonchev–Trinajstić information content (AvgIpc) is 2.81. The predicted molar refractivity (Wildman–Crippen MR) is 73.5 cm³/mol. The topological polar surface area (TPSA) is 98.9 Å². The molecule has 1 N–H and O–H groups in total. The molecule has 2 unspecified atom stereocenters. The minimum atomic E-state index is -1.08. The number of aliphatic carboxylic acids is 1. The first-order valence-corrected chi connectivity index (χ1v) is 6.57. The van der Waals surface area contributed by atoms with Crippen molar-refractivity contribution in [1.29, 1.82) is 0 Å². The second-order valence-electron chi connectivity index (χ2n) is 5.15. The van der Waals surface area contributed by atoms with Gasteiger partial charge in [0.25, 0.3) is 5.69 Å². The van der Waals surface area contributed by atoms with Crippen LogP contribution in [0.3, 0.4) is 0 Å². The molecular formula is C14H17NO6. The van der Waals surface area contributed by atoms with Gasteiger partial charge in [-0.25, -0.2) is 0 Å². The van der Waals surface area contributed by atoms with Gasteiger partial charge in [-0.15, -0.1) is 0 Å². The molecule has 1 aromatic rings. The number of benzene rings is 1. The van der Waals surface area contributed by atoms with Crippen LogP contribution in [-0.2, 0) is 16.0 Å². The smallest absolute Gasteiger partial charge is 0.312 e. The number of carboxylic acid groups (broad SMARTS) is 1. The van der Waals surface area contributed by atoms with E-state index in [0.717, 1.165) is 0 Å². The lowest BCUT2D eigenvalue weighted by atomic mass is 9.76. The molecule has 1 aliphatic rings. The third kappa shape index (κ3) is 2.69. The van der Waals surface area contributed by atoms with Crippen LogP contribution >= 0.6 is 0 Å². The van der Waals surface area contributed by atoms with Gasteiger partial charge >= 0.3 is 5.97 Å². The van der Waals surface area contributed by atoms with Gasteiger partial charge in [-0.2, -0.15) is 0 Å². The molecular weight excluding hydrogens is 278 g/mol. The van der Waals surface area contributed by atoms with E-state index in [1.165, 1.54) is 25.3 Å². The van der Waals surface area contributed by atoms with Crippen molar-refractivity contribution in [2.24, 2.45) is 5.41 Å². The van der Waals surface area contributed by atoms with Gasteiger partial charge in [0.05, 0.1) is 23.6 Å². The molecule has 0 spiro atoms. The Hall–Kier alpha value is -2.15. The average molecular weight is 295 g/mol. The minimum Gasteiger partial charge on any atom is -0.496 e. The molecule has 0 aliphatic carbocycles. The number of nitro benzene ring substituents is 1. The molecule has 21 heavy (non-hydrogen) atoms. The van der Waals surface area contributed by atoms with Crippen molar-refractivity contribution in [1.82, 2.24) is 0 Å². The monoisotopic (exact) mass is 295 g/mol. The Morgan fingerprint density at radius 2 is 2.33 bits per heavy atom. The van der Waals surface area contributed by atoms with E-state index in [1.807, 2.05) is 0 Å². The lowest BCUT2D eigenvalue weighted by Gasteiger charge is -2.28. The Balaban J connectivity index is 2.43. The fourth-order valence-corrected chi connectivity index (χ4v) is 2.73. The van der Waals surface area contributed by atoms with Crippen LogP contribution in [0.4, 0.5) is 5.69 Å². The van der Waals surface area contributed by atoms with Crippen molar-refractivity contribution >= 4 is 11.7 Å². The van der Waals surface area contributed by atoms with Crippen LogP contribution in [0.15, 0.2) is 18.2 Å². The summed E-state index contributed by atoms with van der Waals surface area (Å²) < 4.78 is 10.6. The molecule has 2 atom stereocenters. The number of ether oxygens (including phenoxy) is 2. The molecule has 1 heterocycles. The second-order valence-corrected chi connectivity index (χ2v) is 5.15. The molecule has 7 nitrogen and oxygen atoms in total. The lowest BCUT2D eigenvalue weighted by molar-refractivity contribution is -0.384. The van der Waals surface area contributed by atoms with Crippen LogP contribution in [0.1, 0.15) is 18.9 Å². The molecule has 7 heteroatoms. The minimum absolute atomic E-state index is 0.0853. The number of hydrogen-bond donors (Lipinski definition) is 1. The summed E-state index contributed by atoms with van der Waals surface area (Å²) in [5.41, 5.74) is -0.660. The summed E-state index contributed by atoms with van der Waals surface area (Å²) in [4.78, 5) is 22.1. The van der Waals surface area contributed by atoms with E-state index < -0.39 is 22.4 Å². The Morgan fingerprint density at radius 1 is 1.62 bits per heavy atom. The molecule has 0 bridgehead atoms. The molecule has 114 valence electrons. The number of nitro groups is 1. The van der Waals surface area contributed by atoms with E-state index >= 15 is 0 Å². The number of rotatable bonds is 5. The zero-order chi connectivity index (χ0) is 15.6. The number of carbonyl (C=O) groups is 1. The molecule has 0 amide bonds. The van der Waals surface area contributed by atoms with E-state index in [-0.39, 0.29) is 12.1 Å². The van der Waals surface area contributed by atoms with Crippen molar-refractivity contribution in [3.8, 4) is 5.75 Å². The fourth-order valence-electron chi connectivity index (χ4n) is 2.73. The van der Waals surface area contributed by atoms with Crippen molar-refractivity contribution < 1.29 is 24.3 Å². The first kappa shape index (κ1) is 15.2. The maximum absolute atomic E-state index is 11.7. The van der Waals surface area contributed by atoms with E-state index in [1.54, 1.807) is 6.92 Å². The summed E-state index contributed by atoms with van der Waals surface area (Å²) in [6.45, 7) is 2.08. The Morgan fingerprint density at radius 3 is 2.81 bits per heavy atom. The highest BCUT2D eigenvalue weighted by atomic mass is 16.6. The SMILES string of the molecule is COc1ccc([N+](=O)[O-])cc1CC1(C(=O)O)CCOC1C. The third-order valence-electron chi connectivity index (χ3n) is 4.10. The molecule has 0 radical (unpaired) electrons. The summed E-state index contributed by atoms with van der Waals surface area (Å²) in [5.74, 6) is -0.513. The van der Waals surface area contributed by atoms with Crippen LogP contribution in [0, 0.1) is 15.5 Å². The zero-order valence-electron chi connectivity index (χ0n) is 11.9. The number of nitrogens with zero attached hydrogens (tertiary/aromatic N) is 1. The Kier molecular flexibility index (Phi) is 4.13. The van der Waals surface area contributed by atoms with Gasteiger partial charge in [-0.05, 0) is 25.8 Å². The van der Waals surface area contributed by atoms with Gasteiger partial charge in [0, 0.05) is 24.3 Å². The number of methoxy groups -OCH3 is 1. The summed E-state index contributed by atoms with van der Waals surface area (Å²) in [6, 6.07) is 4.20. The van der Waals surface area contributed by atoms with Gasteiger partial charge < -0.3 is 14.6 Å². The Labute approximate surface area is 121 Å². The van der Waals surface area contributed by atoms with Crippen LogP contribution in [-0.4, -0.2) is 35.8 Å². The van der Waals surface area contributed by atoms with Crippen molar-refractivity contribution in [3.05, 3.63) is 33.9 Å². The van der Waals surface area contributed by atoms with Crippen molar-refractivity contribution in [2.75, 3.05) is 13.7 Å². The van der Waals surface area contributed by atoms with Gasteiger partial charge in [-0.3, -0.25) is 14.9 Å². The van der Waals surface area contributed by atoms with Crippen molar-refractivity contribution in [2.45, 2.75) is 25.9 Å². The highest BCUT2D eigenvalue weighted by molar-refractivity contribution is 5.76. The predicted octanol–water partition coefficient (Wildman–Crippen LogP) is 2.03. The molecule has 1 aliphatic heterocycles. The Bertz CT molecular complexity index is 573. The largest absolute Gasteiger partial charge is 0.496 e. The van der Waals surface area contributed by atoms with Crippen LogP contribution < -0.4 is 4.74 Å². The normalized spacial score (nSPS) is 24.8. The van der Waals surface area contributed by atoms with Gasteiger partial charge in [-0.1, -0.05) is 0 Å². The van der Waals surface area contributed by atoms with Gasteiger partial charge in [0.2, 0.25) is 0 Å². The molecule has 1 saturated heterocycles. The molecule has 1 fully saturated rings. The maximum Gasteiger partial charge on any atom is 0.312 e. The van der Waals surface area contributed by atoms with Crippen LogP contribution in [0.5, 0.6) is 5.75 Å². The van der Waals surface area contributed by atoms with Crippen LogP contribution in [0.25, 0.3) is 0 Å². The van der Waals surface area contributed by atoms with Gasteiger partial charge in [0.1, 0.15) is 5.75 Å². The summed E-state index contributed by atoms with van der Waals surface area (Å²) in [6.07, 6.45) is 0.0444. The van der Waals surface area contributed by atoms with E-state index in [0.29, 0.717) is 24.3 Å². The third-order valence-corrected chi connectivity index (χ3v) is 4.10. The fraction of sp³-hybridized carbons (Fsp3) is 0.500. The van der Waals surface area contributed by atoms with E-state index in [2.05, 4.69) is 0 Å². The van der Waals surface area contributed by atoms with Crippen LogP contribution in [0.2, 0.25) is 0 Å². The molecule has 1 aromatic carbocycles.